The summed E-state index contributed by atoms with van der Waals surface area (Å²) in [7, 11) is 0. The molecule has 0 unspecified atom stereocenters. The van der Waals surface area contributed by atoms with Crippen LogP contribution in [-0.4, -0.2) is 11.0 Å². The summed E-state index contributed by atoms with van der Waals surface area (Å²) in [6, 6.07) is 8.33. The van der Waals surface area contributed by atoms with Gasteiger partial charge < -0.3 is 16.1 Å². The van der Waals surface area contributed by atoms with Gasteiger partial charge in [0.05, 0.1) is 0 Å². The van der Waals surface area contributed by atoms with Crippen molar-refractivity contribution in [2.24, 2.45) is 0 Å². The summed E-state index contributed by atoms with van der Waals surface area (Å²) in [5.41, 5.74) is 0. The van der Waals surface area contributed by atoms with Gasteiger partial charge in [0, 0.05) is 0 Å². The molecule has 0 amide bonds. The third-order valence-electron chi connectivity index (χ3n) is 0.743. The molecule has 1 aromatic carbocycles. The van der Waals surface area contributed by atoms with E-state index < -0.39 is 0 Å². The van der Waals surface area contributed by atoms with Crippen LogP contribution in [0, 0.1) is 0 Å². The molecule has 4 heteroatoms. The first-order chi connectivity index (χ1) is 3.39. The van der Waals surface area contributed by atoms with E-state index in [4.69, 9.17) is 0 Å². The molecule has 0 aliphatic rings. The van der Waals surface area contributed by atoms with E-state index in [1.165, 1.54) is 12.1 Å². The van der Waals surface area contributed by atoms with E-state index in [0.29, 0.717) is 0 Å². The van der Waals surface area contributed by atoms with Gasteiger partial charge in [0.25, 0.3) is 0 Å². The van der Waals surface area contributed by atoms with Crippen LogP contribution in [0.5, 0.6) is 5.75 Å². The van der Waals surface area contributed by atoms with Crippen LogP contribution in [0.3, 0.4) is 0 Å². The van der Waals surface area contributed by atoms with Crippen molar-refractivity contribution < 1.29 is 45.6 Å². The van der Waals surface area contributed by atoms with Gasteiger partial charge in [0.1, 0.15) is 0 Å². The Kier molecular flexibility index (Phi) is 14.7. The predicted octanol–water partition coefficient (Wildman–Crippen LogP) is -3.89. The van der Waals surface area contributed by atoms with Crippen LogP contribution in [0.2, 0.25) is 0 Å². The fourth-order valence-electron chi connectivity index (χ4n) is 0.420. The third kappa shape index (κ3) is 6.07. The van der Waals surface area contributed by atoms with Crippen LogP contribution < -0.4 is 34.7 Å². The molecule has 1 aromatic rings. The molecule has 0 aliphatic heterocycles. The Morgan fingerprint density at radius 3 is 1.50 bits per heavy atom. The Labute approximate surface area is 81.6 Å². The summed E-state index contributed by atoms with van der Waals surface area (Å²) in [4.78, 5) is 0. The van der Waals surface area contributed by atoms with Gasteiger partial charge in [-0.15, -0.1) is 5.75 Å². The van der Waals surface area contributed by atoms with E-state index in [9.17, 15) is 5.11 Å². The van der Waals surface area contributed by atoms with Gasteiger partial charge in [-0.3, -0.25) is 0 Å². The zero-order chi connectivity index (χ0) is 5.11. The first-order valence-corrected chi connectivity index (χ1v) is 2.11. The number of benzene rings is 1. The topological polar surface area (TPSA) is 86.1 Å². The second-order valence-electron chi connectivity index (χ2n) is 1.31. The van der Waals surface area contributed by atoms with E-state index in [0.717, 1.165) is 0 Å². The molecule has 0 saturated carbocycles. The minimum absolute atomic E-state index is 0. The quantitative estimate of drug-likeness (QED) is 0.350. The summed E-state index contributed by atoms with van der Waals surface area (Å²) >= 11 is 0. The molecule has 0 aromatic heterocycles. The summed E-state index contributed by atoms with van der Waals surface area (Å²) in [6.45, 7) is 0. The molecule has 10 heavy (non-hydrogen) atoms. The van der Waals surface area contributed by atoms with Gasteiger partial charge >= 0.3 is 29.6 Å². The molecule has 3 nitrogen and oxygen atoms in total. The average Bonchev–Trinajstić information content (AvgIpc) is 1.69. The van der Waals surface area contributed by atoms with Crippen molar-refractivity contribution in [1.82, 2.24) is 0 Å². The van der Waals surface area contributed by atoms with Gasteiger partial charge in [-0.1, -0.05) is 30.3 Å². The van der Waals surface area contributed by atoms with E-state index in [-0.39, 0.29) is 46.3 Å². The molecule has 0 aliphatic carbocycles. The molecular weight excluding hydrogens is 143 g/mol. The Bertz CT molecular complexity index is 143. The van der Waals surface area contributed by atoms with Crippen LogP contribution in [0.4, 0.5) is 0 Å². The molecule has 52 valence electrons. The first-order valence-electron chi connectivity index (χ1n) is 2.11. The summed E-state index contributed by atoms with van der Waals surface area (Å²) < 4.78 is 0. The van der Waals surface area contributed by atoms with Crippen LogP contribution in [-0.2, 0) is 0 Å². The van der Waals surface area contributed by atoms with E-state index in [2.05, 4.69) is 0 Å². The van der Waals surface area contributed by atoms with E-state index in [1.54, 1.807) is 12.1 Å². The molecule has 0 saturated heterocycles. The van der Waals surface area contributed by atoms with E-state index >= 15 is 0 Å². The van der Waals surface area contributed by atoms with Crippen molar-refractivity contribution in [1.29, 1.82) is 0 Å². The van der Waals surface area contributed by atoms with Crippen LogP contribution >= 0.6 is 0 Å². The van der Waals surface area contributed by atoms with Crippen molar-refractivity contribution in [2.75, 3.05) is 0 Å². The Morgan fingerprint density at radius 2 is 1.30 bits per heavy atom. The zero-order valence-electron chi connectivity index (χ0n) is 5.79. The maximum Gasteiger partial charge on any atom is 1.00 e. The van der Waals surface area contributed by atoms with E-state index in [1.807, 2.05) is 6.07 Å². The zero-order valence-corrected chi connectivity index (χ0v) is 7.79. The predicted molar refractivity (Wildman–Crippen MR) is 33.1 cm³/mol. The molecule has 0 spiro atoms. The van der Waals surface area contributed by atoms with Crippen molar-refractivity contribution >= 4 is 0 Å². The van der Waals surface area contributed by atoms with Crippen LogP contribution in [0.15, 0.2) is 30.3 Å². The average molecular weight is 152 g/mol. The second-order valence-corrected chi connectivity index (χ2v) is 1.31. The number of para-hydroxylation sites is 1. The molecule has 0 atom stereocenters. The normalized spacial score (nSPS) is 6.00. The number of hydrogen-bond donors (Lipinski definition) is 0. The van der Waals surface area contributed by atoms with Crippen molar-refractivity contribution in [3.8, 4) is 5.75 Å². The van der Waals surface area contributed by atoms with Crippen molar-refractivity contribution in [2.45, 2.75) is 0 Å². The minimum atomic E-state index is 0. The number of hydrogen-bond acceptors (Lipinski definition) is 1. The molecule has 0 bridgehead atoms. The van der Waals surface area contributed by atoms with Gasteiger partial charge in [-0.05, 0) is 0 Å². The monoisotopic (exact) mass is 152 g/mol. The minimum Gasteiger partial charge on any atom is -0.872 e. The molecule has 4 N–H and O–H groups in total. The smallest absolute Gasteiger partial charge is 0.872 e. The van der Waals surface area contributed by atoms with Gasteiger partial charge in [0.2, 0.25) is 0 Å². The fourth-order valence-corrected chi connectivity index (χ4v) is 0.420. The SMILES string of the molecule is O.O.[Na+].[O-]c1ccccc1. The summed E-state index contributed by atoms with van der Waals surface area (Å²) in [5, 5.41) is 10.3. The molecule has 0 radical (unpaired) electrons. The fraction of sp³-hybridized carbons (Fsp3) is 0. The maximum atomic E-state index is 10.3. The van der Waals surface area contributed by atoms with Gasteiger partial charge in [0.15, 0.2) is 0 Å². The largest absolute Gasteiger partial charge is 1.00 e. The Balaban J connectivity index is -0.000000163. The van der Waals surface area contributed by atoms with Gasteiger partial charge in [-0.25, -0.2) is 0 Å². The second kappa shape index (κ2) is 8.94. The Hall–Kier alpha value is -0.0600. The molecular formula is C6H9NaO3. The van der Waals surface area contributed by atoms with Crippen LogP contribution in [0.25, 0.3) is 0 Å². The summed E-state index contributed by atoms with van der Waals surface area (Å²) in [6.07, 6.45) is 0. The molecule has 1 rings (SSSR count). The van der Waals surface area contributed by atoms with Gasteiger partial charge in [-0.2, -0.15) is 0 Å². The maximum absolute atomic E-state index is 10.3. The van der Waals surface area contributed by atoms with Crippen LogP contribution in [0.1, 0.15) is 0 Å². The standard InChI is InChI=1S/C6H6O.Na.2H2O/c7-6-4-2-1-3-5-6;;;/h1-5,7H;;2*1H2/q;+1;;/p-1. The molecule has 0 fully saturated rings. The van der Waals surface area contributed by atoms with Crippen molar-refractivity contribution in [3.05, 3.63) is 30.3 Å². The first kappa shape index (κ1) is 16.5. The third-order valence-corrected chi connectivity index (χ3v) is 0.743. The summed E-state index contributed by atoms with van der Waals surface area (Å²) in [5.74, 6) is 0.0718. The number of rotatable bonds is 0. The van der Waals surface area contributed by atoms with Crippen molar-refractivity contribution in [3.63, 3.8) is 0 Å². The molecule has 0 heterocycles. The Morgan fingerprint density at radius 1 is 0.900 bits per heavy atom.